The molecule has 130 valence electrons. The third-order valence-corrected chi connectivity index (χ3v) is 4.55. The highest BCUT2D eigenvalue weighted by atomic mass is 127. The zero-order valence-corrected chi connectivity index (χ0v) is 16.4. The monoisotopic (exact) mass is 447 g/mol. The summed E-state index contributed by atoms with van der Waals surface area (Å²) < 4.78 is 5.34. The third kappa shape index (κ3) is 4.15. The average molecular weight is 447 g/mol. The lowest BCUT2D eigenvalue weighted by molar-refractivity contribution is 0.501. The first-order valence-electron chi connectivity index (χ1n) is 8.32. The fourth-order valence-electron chi connectivity index (χ4n) is 3.12. The van der Waals surface area contributed by atoms with E-state index >= 15 is 0 Å². The molecule has 3 aromatic rings. The molecule has 1 saturated carbocycles. The van der Waals surface area contributed by atoms with Crippen LogP contribution in [0.1, 0.15) is 23.7 Å². The van der Waals surface area contributed by atoms with Crippen molar-refractivity contribution in [1.82, 2.24) is 10.6 Å². The van der Waals surface area contributed by atoms with E-state index in [-0.39, 0.29) is 24.0 Å². The average Bonchev–Trinajstić information content (AvgIpc) is 3.19. The fraction of sp³-hybridized carbons (Fsp3) is 0.250. The Balaban J connectivity index is 0.00000182. The van der Waals surface area contributed by atoms with E-state index in [0.29, 0.717) is 18.5 Å². The number of halogens is 1. The normalized spacial score (nSPS) is 19.3. The lowest BCUT2D eigenvalue weighted by Gasteiger charge is -2.11. The molecule has 25 heavy (non-hydrogen) atoms. The summed E-state index contributed by atoms with van der Waals surface area (Å²) in [5.74, 6) is 2.27. The molecule has 0 amide bonds. The van der Waals surface area contributed by atoms with Crippen LogP contribution in [0.25, 0.3) is 10.8 Å². The van der Waals surface area contributed by atoms with Crippen LogP contribution in [0.3, 0.4) is 0 Å². The highest BCUT2D eigenvalue weighted by Crippen LogP contribution is 2.41. The highest BCUT2D eigenvalue weighted by Gasteiger charge is 2.39. The quantitative estimate of drug-likeness (QED) is 0.357. The minimum absolute atomic E-state index is 0. The van der Waals surface area contributed by atoms with Gasteiger partial charge in [-0.1, -0.05) is 42.5 Å². The van der Waals surface area contributed by atoms with Gasteiger partial charge < -0.3 is 15.1 Å². The number of nitrogens with one attached hydrogen (secondary N) is 2. The van der Waals surface area contributed by atoms with E-state index in [0.717, 1.165) is 18.1 Å². The molecule has 1 aromatic heterocycles. The number of nitrogens with zero attached hydrogens (tertiary/aromatic N) is 1. The second-order valence-corrected chi connectivity index (χ2v) is 6.20. The molecule has 0 aliphatic heterocycles. The zero-order valence-electron chi connectivity index (χ0n) is 14.1. The summed E-state index contributed by atoms with van der Waals surface area (Å²) in [4.78, 5) is 4.30. The summed E-state index contributed by atoms with van der Waals surface area (Å²) in [5, 5.41) is 9.39. The second-order valence-electron chi connectivity index (χ2n) is 6.20. The Labute approximate surface area is 164 Å². The molecule has 2 aromatic carbocycles. The molecule has 0 radical (unpaired) electrons. The van der Waals surface area contributed by atoms with Crippen LogP contribution in [0, 0.1) is 0 Å². The van der Waals surface area contributed by atoms with Gasteiger partial charge in [0.2, 0.25) is 0 Å². The lowest BCUT2D eigenvalue weighted by atomic mass is 10.0. The first-order valence-corrected chi connectivity index (χ1v) is 8.32. The maximum Gasteiger partial charge on any atom is 0.191 e. The van der Waals surface area contributed by atoms with Crippen LogP contribution in [-0.2, 0) is 6.54 Å². The third-order valence-electron chi connectivity index (χ3n) is 4.55. The molecular formula is C20H22IN3O. The topological polar surface area (TPSA) is 49.6 Å². The molecule has 2 atom stereocenters. The van der Waals surface area contributed by atoms with Gasteiger partial charge in [-0.15, -0.1) is 24.0 Å². The minimum Gasteiger partial charge on any atom is -0.467 e. The maximum atomic E-state index is 5.34. The van der Waals surface area contributed by atoms with Gasteiger partial charge in [0.05, 0.1) is 12.8 Å². The summed E-state index contributed by atoms with van der Waals surface area (Å²) >= 11 is 0. The number of hydrogen-bond acceptors (Lipinski definition) is 2. The van der Waals surface area contributed by atoms with E-state index in [1.54, 1.807) is 13.3 Å². The SMILES string of the molecule is CN=C(NCc1ccco1)N[C@@H]1C[C@H]1c1ccc2ccccc2c1.I. The van der Waals surface area contributed by atoms with Crippen LogP contribution in [0.2, 0.25) is 0 Å². The Kier molecular flexibility index (Phi) is 5.63. The number of aliphatic imine (C=N–C) groups is 1. The smallest absolute Gasteiger partial charge is 0.191 e. The number of furan rings is 1. The maximum absolute atomic E-state index is 5.34. The summed E-state index contributed by atoms with van der Waals surface area (Å²) in [6.45, 7) is 0.639. The van der Waals surface area contributed by atoms with Crippen LogP contribution < -0.4 is 10.6 Å². The number of guanidine groups is 1. The van der Waals surface area contributed by atoms with Crippen LogP contribution in [0.5, 0.6) is 0 Å². The lowest BCUT2D eigenvalue weighted by Crippen LogP contribution is -2.38. The summed E-state index contributed by atoms with van der Waals surface area (Å²) in [7, 11) is 1.80. The van der Waals surface area contributed by atoms with Gasteiger partial charge in [0.25, 0.3) is 0 Å². The number of benzene rings is 2. The van der Waals surface area contributed by atoms with Crippen molar-refractivity contribution < 1.29 is 4.42 Å². The predicted octanol–water partition coefficient (Wildman–Crippen LogP) is 4.27. The number of rotatable bonds is 4. The van der Waals surface area contributed by atoms with Crippen molar-refractivity contribution in [2.45, 2.75) is 24.9 Å². The number of fused-ring (bicyclic) bond motifs is 1. The standard InChI is InChI=1S/C20H21N3O.HI/c1-21-20(22-13-17-7-4-10-24-17)23-19-12-18(19)16-9-8-14-5-2-3-6-15(14)11-16;/h2-11,18-19H,12-13H2,1H3,(H2,21,22,23);1H/t18-,19+;/m0./s1. The molecule has 0 saturated heterocycles. The Hall–Kier alpha value is -2.02. The zero-order chi connectivity index (χ0) is 16.4. The first kappa shape index (κ1) is 17.8. The molecule has 1 heterocycles. The molecule has 4 nitrogen and oxygen atoms in total. The van der Waals surface area contributed by atoms with E-state index in [4.69, 9.17) is 4.42 Å². The Morgan fingerprint density at radius 2 is 1.96 bits per heavy atom. The van der Waals surface area contributed by atoms with Gasteiger partial charge in [-0.25, -0.2) is 0 Å². The Bertz CT molecular complexity index is 860. The van der Waals surface area contributed by atoms with Gasteiger partial charge in [0.15, 0.2) is 5.96 Å². The van der Waals surface area contributed by atoms with Crippen molar-refractivity contribution in [1.29, 1.82) is 0 Å². The molecule has 5 heteroatoms. The largest absolute Gasteiger partial charge is 0.467 e. The molecule has 0 unspecified atom stereocenters. The fourth-order valence-corrected chi connectivity index (χ4v) is 3.12. The Morgan fingerprint density at radius 3 is 2.72 bits per heavy atom. The predicted molar refractivity (Wildman–Crippen MR) is 113 cm³/mol. The Morgan fingerprint density at radius 1 is 1.12 bits per heavy atom. The molecular weight excluding hydrogens is 425 g/mol. The van der Waals surface area contributed by atoms with Crippen LogP contribution in [0.4, 0.5) is 0 Å². The van der Waals surface area contributed by atoms with Gasteiger partial charge in [0.1, 0.15) is 5.76 Å². The van der Waals surface area contributed by atoms with E-state index in [9.17, 15) is 0 Å². The molecule has 0 spiro atoms. The first-order chi connectivity index (χ1) is 11.8. The summed E-state index contributed by atoms with van der Waals surface area (Å²) in [6.07, 6.45) is 2.82. The van der Waals surface area contributed by atoms with Crippen molar-refractivity contribution in [3.63, 3.8) is 0 Å². The summed E-state index contributed by atoms with van der Waals surface area (Å²) in [5.41, 5.74) is 1.40. The minimum atomic E-state index is 0. The van der Waals surface area contributed by atoms with E-state index in [1.807, 2.05) is 12.1 Å². The van der Waals surface area contributed by atoms with E-state index < -0.39 is 0 Å². The molecule has 2 N–H and O–H groups in total. The highest BCUT2D eigenvalue weighted by molar-refractivity contribution is 14.0. The van der Waals surface area contributed by atoms with Crippen molar-refractivity contribution in [3.8, 4) is 0 Å². The van der Waals surface area contributed by atoms with Crippen molar-refractivity contribution in [2.24, 2.45) is 4.99 Å². The van der Waals surface area contributed by atoms with Crippen molar-refractivity contribution >= 4 is 40.7 Å². The van der Waals surface area contributed by atoms with Crippen LogP contribution >= 0.6 is 24.0 Å². The van der Waals surface area contributed by atoms with Crippen LogP contribution in [0.15, 0.2) is 70.3 Å². The molecule has 1 aliphatic carbocycles. The molecule has 1 fully saturated rings. The van der Waals surface area contributed by atoms with Gasteiger partial charge in [-0.05, 0) is 34.9 Å². The molecule has 1 aliphatic rings. The van der Waals surface area contributed by atoms with Gasteiger partial charge in [0, 0.05) is 19.0 Å². The van der Waals surface area contributed by atoms with E-state index in [2.05, 4.69) is 58.1 Å². The van der Waals surface area contributed by atoms with Crippen molar-refractivity contribution in [3.05, 3.63) is 72.2 Å². The molecule has 0 bridgehead atoms. The van der Waals surface area contributed by atoms with E-state index in [1.165, 1.54) is 16.3 Å². The summed E-state index contributed by atoms with van der Waals surface area (Å²) in [6, 6.07) is 19.6. The van der Waals surface area contributed by atoms with Crippen molar-refractivity contribution in [2.75, 3.05) is 7.05 Å². The number of hydrogen-bond donors (Lipinski definition) is 2. The van der Waals surface area contributed by atoms with Gasteiger partial charge in [-0.3, -0.25) is 4.99 Å². The second kappa shape index (κ2) is 7.91. The van der Waals surface area contributed by atoms with Crippen LogP contribution in [-0.4, -0.2) is 19.0 Å². The van der Waals surface area contributed by atoms with Gasteiger partial charge >= 0.3 is 0 Å². The van der Waals surface area contributed by atoms with Gasteiger partial charge in [-0.2, -0.15) is 0 Å². The molecule has 4 rings (SSSR count).